The number of nitrogens with zero attached hydrogens (tertiary/aromatic N) is 2. The third kappa shape index (κ3) is 4.37. The molecule has 0 fully saturated rings. The molecule has 0 bridgehead atoms. The van der Waals surface area contributed by atoms with Crippen LogP contribution in [0.5, 0.6) is 0 Å². The number of para-hydroxylation sites is 2. The first-order chi connectivity index (χ1) is 10.9. The molecule has 23 heavy (non-hydrogen) atoms. The van der Waals surface area contributed by atoms with Gasteiger partial charge >= 0.3 is 0 Å². The van der Waals surface area contributed by atoms with Crippen LogP contribution in [0.4, 0.5) is 11.4 Å². The Morgan fingerprint density at radius 1 is 1.35 bits per heavy atom. The average Bonchev–Trinajstić information content (AvgIpc) is 2.93. The van der Waals surface area contributed by atoms with E-state index < -0.39 is 4.92 Å². The number of likely N-dealkylation sites (N-methyl/N-ethyl adjacent to an activating group) is 1. The minimum absolute atomic E-state index is 0.102. The Bertz CT molecular complexity index is 714. The van der Waals surface area contributed by atoms with Crippen LogP contribution in [0.2, 0.25) is 0 Å². The van der Waals surface area contributed by atoms with Gasteiger partial charge in [0.2, 0.25) is 5.91 Å². The largest absolute Gasteiger partial charge is 0.319 e. The Kier molecular flexibility index (Phi) is 5.46. The maximum atomic E-state index is 12.2. The number of aryl methyl sites for hydroxylation is 1. The van der Waals surface area contributed by atoms with Gasteiger partial charge in [-0.3, -0.25) is 19.8 Å². The van der Waals surface area contributed by atoms with Crippen molar-refractivity contribution < 1.29 is 9.72 Å². The van der Waals surface area contributed by atoms with Gasteiger partial charge in [0.25, 0.3) is 5.69 Å². The molecule has 0 aliphatic carbocycles. The molecule has 1 aromatic heterocycles. The summed E-state index contributed by atoms with van der Waals surface area (Å²) in [5.74, 6) is -0.276. The van der Waals surface area contributed by atoms with Crippen LogP contribution >= 0.6 is 11.3 Å². The molecule has 1 amide bonds. The van der Waals surface area contributed by atoms with Crippen molar-refractivity contribution in [2.75, 3.05) is 18.9 Å². The highest BCUT2D eigenvalue weighted by molar-refractivity contribution is 7.12. The van der Waals surface area contributed by atoms with Gasteiger partial charge in [0.1, 0.15) is 5.69 Å². The molecular weight excluding hydrogens is 314 g/mol. The van der Waals surface area contributed by atoms with Crippen molar-refractivity contribution in [3.63, 3.8) is 0 Å². The number of carbonyl (C=O) groups excluding carboxylic acids is 1. The molecular formula is C16H19N3O3S. The monoisotopic (exact) mass is 333 g/mol. The smallest absolute Gasteiger partial charge is 0.292 e. The van der Waals surface area contributed by atoms with Crippen molar-refractivity contribution in [2.24, 2.45) is 0 Å². The van der Waals surface area contributed by atoms with E-state index in [4.69, 9.17) is 0 Å². The SMILES string of the molecule is Cc1ccc(C(C)N(C)CC(=O)Nc2ccccc2[N+](=O)[O-])s1. The van der Waals surface area contributed by atoms with Crippen molar-refractivity contribution in [2.45, 2.75) is 19.9 Å². The molecule has 0 saturated heterocycles. The highest BCUT2D eigenvalue weighted by atomic mass is 32.1. The first kappa shape index (κ1) is 17.1. The van der Waals surface area contributed by atoms with Crippen molar-refractivity contribution in [1.29, 1.82) is 0 Å². The summed E-state index contributed by atoms with van der Waals surface area (Å²) in [7, 11) is 1.86. The summed E-state index contributed by atoms with van der Waals surface area (Å²) in [6.45, 7) is 4.23. The molecule has 0 aliphatic rings. The highest BCUT2D eigenvalue weighted by Crippen LogP contribution is 2.27. The standard InChI is InChI=1S/C16H19N3O3S/c1-11-8-9-15(23-11)12(2)18(3)10-16(20)17-13-6-4-5-7-14(13)19(21)22/h4-9,12H,10H2,1-3H3,(H,17,20). The summed E-state index contributed by atoms with van der Waals surface area (Å²) in [4.78, 5) is 27.0. The number of rotatable bonds is 6. The third-order valence-corrected chi connectivity index (χ3v) is 4.77. The zero-order chi connectivity index (χ0) is 17.0. The number of nitro groups is 1. The van der Waals surface area contributed by atoms with Gasteiger partial charge in [-0.25, -0.2) is 0 Å². The molecule has 1 atom stereocenters. The van der Waals surface area contributed by atoms with Gasteiger partial charge < -0.3 is 5.32 Å². The Morgan fingerprint density at radius 2 is 2.04 bits per heavy atom. The van der Waals surface area contributed by atoms with Gasteiger partial charge in [-0.15, -0.1) is 11.3 Å². The number of nitrogens with one attached hydrogen (secondary N) is 1. The highest BCUT2D eigenvalue weighted by Gasteiger charge is 2.19. The van der Waals surface area contributed by atoms with Gasteiger partial charge in [0.15, 0.2) is 0 Å². The number of benzene rings is 1. The molecule has 122 valence electrons. The van der Waals surface area contributed by atoms with E-state index in [1.165, 1.54) is 21.9 Å². The van der Waals surface area contributed by atoms with Crippen LogP contribution in [0, 0.1) is 17.0 Å². The summed E-state index contributed by atoms with van der Waals surface area (Å²) < 4.78 is 0. The zero-order valence-electron chi connectivity index (χ0n) is 13.3. The first-order valence-corrected chi connectivity index (χ1v) is 8.00. The molecule has 7 heteroatoms. The topological polar surface area (TPSA) is 75.5 Å². The van der Waals surface area contributed by atoms with Crippen molar-refractivity contribution in [1.82, 2.24) is 4.90 Å². The molecule has 2 rings (SSSR count). The van der Waals surface area contributed by atoms with E-state index in [1.807, 2.05) is 25.8 Å². The lowest BCUT2D eigenvalue weighted by atomic mass is 10.2. The Morgan fingerprint density at radius 3 is 2.65 bits per heavy atom. The molecule has 1 aromatic carbocycles. The lowest BCUT2D eigenvalue weighted by molar-refractivity contribution is -0.383. The second-order valence-electron chi connectivity index (χ2n) is 5.36. The molecule has 1 N–H and O–H groups in total. The molecule has 0 aliphatic heterocycles. The number of nitro benzene ring substituents is 1. The van der Waals surface area contributed by atoms with Crippen LogP contribution in [0.1, 0.15) is 22.7 Å². The Balaban J connectivity index is 2.01. The van der Waals surface area contributed by atoms with E-state index in [2.05, 4.69) is 17.4 Å². The van der Waals surface area contributed by atoms with Crippen molar-refractivity contribution in [3.8, 4) is 0 Å². The first-order valence-electron chi connectivity index (χ1n) is 7.18. The average molecular weight is 333 g/mol. The maximum Gasteiger partial charge on any atom is 0.292 e. The van der Waals surface area contributed by atoms with Gasteiger partial charge in [-0.1, -0.05) is 12.1 Å². The third-order valence-electron chi connectivity index (χ3n) is 3.60. The number of hydrogen-bond donors (Lipinski definition) is 1. The van der Waals surface area contributed by atoms with E-state index in [0.29, 0.717) is 0 Å². The molecule has 1 unspecified atom stereocenters. The number of anilines is 1. The van der Waals surface area contributed by atoms with Crippen LogP contribution in [0.25, 0.3) is 0 Å². The molecule has 0 saturated carbocycles. The molecule has 6 nitrogen and oxygen atoms in total. The quantitative estimate of drug-likeness (QED) is 0.647. The van der Waals surface area contributed by atoms with Gasteiger partial charge in [-0.2, -0.15) is 0 Å². The number of hydrogen-bond acceptors (Lipinski definition) is 5. The summed E-state index contributed by atoms with van der Waals surface area (Å²) in [6.07, 6.45) is 0. The fourth-order valence-corrected chi connectivity index (χ4v) is 3.18. The van der Waals surface area contributed by atoms with E-state index in [9.17, 15) is 14.9 Å². The van der Waals surface area contributed by atoms with Crippen LogP contribution < -0.4 is 5.32 Å². The van der Waals surface area contributed by atoms with E-state index in [-0.39, 0.29) is 29.9 Å². The minimum Gasteiger partial charge on any atom is -0.319 e. The van der Waals surface area contributed by atoms with E-state index in [1.54, 1.807) is 23.5 Å². The Labute approximate surface area is 138 Å². The van der Waals surface area contributed by atoms with Crippen molar-refractivity contribution in [3.05, 3.63) is 56.3 Å². The number of carbonyl (C=O) groups is 1. The van der Waals surface area contributed by atoms with Gasteiger partial charge in [-0.05, 0) is 39.1 Å². The normalized spacial score (nSPS) is 12.2. The lowest BCUT2D eigenvalue weighted by Crippen LogP contribution is -2.32. The maximum absolute atomic E-state index is 12.2. The summed E-state index contributed by atoms with van der Waals surface area (Å²) in [5.41, 5.74) is 0.112. The molecule has 0 radical (unpaired) electrons. The molecule has 0 spiro atoms. The predicted octanol–water partition coefficient (Wildman–Crippen LogP) is 3.60. The second-order valence-corrected chi connectivity index (χ2v) is 6.68. The molecule has 2 aromatic rings. The fourth-order valence-electron chi connectivity index (χ4n) is 2.19. The van der Waals surface area contributed by atoms with Crippen LogP contribution in [-0.2, 0) is 4.79 Å². The summed E-state index contributed by atoms with van der Waals surface area (Å²) in [5, 5.41) is 13.6. The van der Waals surface area contributed by atoms with Crippen LogP contribution in [0.15, 0.2) is 36.4 Å². The second kappa shape index (κ2) is 7.34. The van der Waals surface area contributed by atoms with Crippen LogP contribution in [-0.4, -0.2) is 29.3 Å². The fraction of sp³-hybridized carbons (Fsp3) is 0.312. The Hall–Kier alpha value is -2.25. The summed E-state index contributed by atoms with van der Waals surface area (Å²) >= 11 is 1.70. The number of amides is 1. The van der Waals surface area contributed by atoms with Gasteiger partial charge in [0.05, 0.1) is 11.5 Å². The zero-order valence-corrected chi connectivity index (χ0v) is 14.1. The van der Waals surface area contributed by atoms with Crippen molar-refractivity contribution >= 4 is 28.6 Å². The number of thiophene rings is 1. The molecule has 1 heterocycles. The summed E-state index contributed by atoms with van der Waals surface area (Å²) in [6, 6.07) is 10.3. The lowest BCUT2D eigenvalue weighted by Gasteiger charge is -2.23. The van der Waals surface area contributed by atoms with E-state index in [0.717, 1.165) is 0 Å². The van der Waals surface area contributed by atoms with Gasteiger partial charge in [0, 0.05) is 21.9 Å². The predicted molar refractivity (Wildman–Crippen MR) is 91.8 cm³/mol. The van der Waals surface area contributed by atoms with Crippen LogP contribution in [0.3, 0.4) is 0 Å². The minimum atomic E-state index is -0.504. The van der Waals surface area contributed by atoms with E-state index >= 15 is 0 Å².